The Morgan fingerprint density at radius 1 is 0.430 bits per heavy atom. The highest BCUT2D eigenvalue weighted by Gasteiger charge is 2.33. The van der Waals surface area contributed by atoms with Crippen LogP contribution in [0.2, 0.25) is 5.02 Å². The molecular weight excluding hydrogens is 1500 g/mol. The third kappa shape index (κ3) is 26.5. The number of aryl methyl sites for hydroxylation is 5. The van der Waals surface area contributed by atoms with Crippen LogP contribution in [0.25, 0.3) is 11.1 Å². The number of fused-ring (bicyclic) bond motifs is 1. The van der Waals surface area contributed by atoms with Crippen molar-refractivity contribution in [1.82, 2.24) is 64.4 Å². The highest BCUT2D eigenvalue weighted by molar-refractivity contribution is 6.30. The number of nitrogens with one attached hydrogen (secondary N) is 10. The van der Waals surface area contributed by atoms with E-state index in [9.17, 15) is 47.9 Å². The van der Waals surface area contributed by atoms with Crippen LogP contribution in [0.3, 0.4) is 0 Å². The maximum Gasteiger partial charge on any atom is 0.291 e. The lowest BCUT2D eigenvalue weighted by Crippen LogP contribution is -2.43. The van der Waals surface area contributed by atoms with Crippen LogP contribution >= 0.6 is 11.6 Å². The molecule has 0 spiro atoms. The number of nitrogens with zero attached hydrogens (tertiary/aromatic N) is 9. The smallest absolute Gasteiger partial charge is 0.291 e. The summed E-state index contributed by atoms with van der Waals surface area (Å²) in [5, 5.41) is 28.5. The van der Waals surface area contributed by atoms with Crippen LogP contribution in [-0.4, -0.2) is 228 Å². The lowest BCUT2D eigenvalue weighted by molar-refractivity contribution is -0.121. The zero-order valence-corrected chi connectivity index (χ0v) is 65.5. The van der Waals surface area contributed by atoms with Crippen LogP contribution in [0.5, 0.6) is 0 Å². The van der Waals surface area contributed by atoms with Gasteiger partial charge in [-0.1, -0.05) is 29.8 Å². The monoisotopic (exact) mass is 1600 g/mol. The Kier molecular flexibility index (Phi) is 33.3. The van der Waals surface area contributed by atoms with Gasteiger partial charge in [-0.05, 0) is 90.7 Å². The first-order chi connectivity index (χ1) is 55.0. The van der Waals surface area contributed by atoms with Crippen molar-refractivity contribution in [3.05, 3.63) is 161 Å². The normalized spacial score (nSPS) is 13.0. The minimum absolute atomic E-state index is 0.00744. The Balaban J connectivity index is 0.517. The van der Waals surface area contributed by atoms with Gasteiger partial charge >= 0.3 is 0 Å². The molecule has 5 aromatic heterocycles. The van der Waals surface area contributed by atoms with Crippen molar-refractivity contribution in [2.24, 2.45) is 35.2 Å². The number of carbonyl (C=O) groups excluding carboxylic acids is 10. The quantitative estimate of drug-likeness (QED) is 0.0225. The molecule has 0 saturated carbocycles. The average Bonchev–Trinajstić information content (AvgIpc) is 1.30. The lowest BCUT2D eigenvalue weighted by Gasteiger charge is -2.39. The molecule has 0 saturated heterocycles. The molecular formula is C77H98ClN19O17. The molecule has 9 rings (SSSR count). The molecule has 0 unspecified atom stereocenters. The highest BCUT2D eigenvalue weighted by Crippen LogP contribution is 2.41. The number of anilines is 6. The number of imidazole rings is 3. The topological polar surface area (TPSA) is 422 Å². The van der Waals surface area contributed by atoms with E-state index in [1.807, 2.05) is 53.4 Å². The number of hydrogen-bond donors (Lipinski definition) is 10. The van der Waals surface area contributed by atoms with E-state index < -0.39 is 41.4 Å². The van der Waals surface area contributed by atoms with Crippen LogP contribution < -0.4 is 58.1 Å². The second-order valence-electron chi connectivity index (χ2n) is 26.4. The third-order valence-corrected chi connectivity index (χ3v) is 17.9. The zero-order valence-electron chi connectivity index (χ0n) is 64.7. The molecule has 610 valence electrons. The summed E-state index contributed by atoms with van der Waals surface area (Å²) < 4.78 is 46.3. The number of carbonyl (C=O) groups is 10. The number of rotatable bonds is 46. The van der Waals surface area contributed by atoms with Gasteiger partial charge in [0.1, 0.15) is 11.4 Å². The molecule has 2 atom stereocenters. The van der Waals surface area contributed by atoms with Crippen LogP contribution in [-0.2, 0) is 87.6 Å². The van der Waals surface area contributed by atoms with E-state index in [0.29, 0.717) is 109 Å². The summed E-state index contributed by atoms with van der Waals surface area (Å²) in [5.74, 6) is -3.87. The van der Waals surface area contributed by atoms with Crippen molar-refractivity contribution < 1.29 is 81.1 Å². The van der Waals surface area contributed by atoms with Gasteiger partial charge in [0.25, 0.3) is 35.4 Å². The van der Waals surface area contributed by atoms with Crippen molar-refractivity contribution in [1.29, 1.82) is 0 Å². The van der Waals surface area contributed by atoms with Crippen molar-refractivity contribution in [2.75, 3.05) is 157 Å². The maximum atomic E-state index is 13.3. The largest absolute Gasteiger partial charge is 0.378 e. The standard InChI is InChI=1S/C77H98ClN19O17/c1-50-42-60(85-56-15-13-55(78)14-16-56)59-43-54(12-17-61(59)97(50)51(2)98)52-8-10-53(11-9-52)72(102)84-26-29-109-31-33-111-35-37-113-39-41-114-40-38-112-36-34-110-32-30-108-28-25-79-66(99)18-21-83-75(105)70-90-64(48-95(70)6)88-67(100)19-22-82-74(104)63-45-58(47-94(63)5)87-77(107)71-91-65(49-96(71)7)89-68(101)20-23-81-73(103)62-44-57(46-93(62)4)86-76(106)69-80-24-27-92(69)3/h8-17,24,27,43-50,60,85H,18-23,25-26,28-42H2,1-7H3,(H,79,99)(H,81,103)(H,82,104)(H,83,105)(H,84,102)(H,86,106)(H,87,107)(H,88,100)(H,89,101)/t50-,60+/m0/s1. The van der Waals surface area contributed by atoms with Crippen LogP contribution in [0.15, 0.2) is 116 Å². The summed E-state index contributed by atoms with van der Waals surface area (Å²) in [6.45, 7) is 9.25. The Morgan fingerprint density at radius 2 is 0.868 bits per heavy atom. The Hall–Kier alpha value is -11.6. The van der Waals surface area contributed by atoms with E-state index in [1.165, 1.54) is 55.2 Å². The first-order valence-electron chi connectivity index (χ1n) is 37.1. The predicted molar refractivity (Wildman–Crippen MR) is 422 cm³/mol. The SMILES string of the molecule is CC(=O)N1c2ccc(-c3ccc(C(=O)NCCOCCOCCOCCOCCOCCOCCOCCNC(=O)CCNC(=O)c4nc(NC(=O)CCNC(=O)c5cc(NC(=O)c6nc(NC(=O)CCNC(=O)c7cc(NC(=O)c8nccn8C)cn7C)cn6C)cn5C)cn4C)cc3)cc2[C@H](Nc2ccc(Cl)cc2)C[C@@H]1C. The highest BCUT2D eigenvalue weighted by atomic mass is 35.5. The van der Waals surface area contributed by atoms with Gasteiger partial charge < -0.3 is 114 Å². The molecule has 3 aromatic carbocycles. The fraction of sp³-hybridized carbons (Fsp3) is 0.416. The first kappa shape index (κ1) is 86.3. The molecule has 0 radical (unpaired) electrons. The molecule has 10 amide bonds. The molecule has 37 heteroatoms. The molecule has 1 aliphatic rings. The fourth-order valence-corrected chi connectivity index (χ4v) is 12.1. The van der Waals surface area contributed by atoms with Gasteiger partial charge in [-0.25, -0.2) is 15.0 Å². The van der Waals surface area contributed by atoms with E-state index in [-0.39, 0.29) is 128 Å². The summed E-state index contributed by atoms with van der Waals surface area (Å²) in [7, 11) is 8.04. The van der Waals surface area contributed by atoms with Crippen LogP contribution in [0, 0.1) is 0 Å². The van der Waals surface area contributed by atoms with Crippen molar-refractivity contribution in [3.63, 3.8) is 0 Å². The molecule has 0 fully saturated rings. The number of hydrogen-bond acceptors (Lipinski definition) is 21. The number of amides is 10. The van der Waals surface area contributed by atoms with Gasteiger partial charge in [0.15, 0.2) is 17.5 Å². The molecule has 10 N–H and O–H groups in total. The summed E-state index contributed by atoms with van der Waals surface area (Å²) in [4.78, 5) is 143. The first-order valence-corrected chi connectivity index (χ1v) is 37.4. The zero-order chi connectivity index (χ0) is 81.5. The molecule has 36 nitrogen and oxygen atoms in total. The minimum Gasteiger partial charge on any atom is -0.378 e. The van der Waals surface area contributed by atoms with Crippen LogP contribution in [0.1, 0.15) is 114 Å². The second kappa shape index (κ2) is 44.0. The molecule has 0 bridgehead atoms. The van der Waals surface area contributed by atoms with Gasteiger partial charge in [-0.3, -0.25) is 47.9 Å². The fourth-order valence-electron chi connectivity index (χ4n) is 12.0. The Bertz CT molecular complexity index is 4590. The van der Waals surface area contributed by atoms with Gasteiger partial charge in [0.05, 0.1) is 110 Å². The van der Waals surface area contributed by atoms with E-state index in [0.717, 1.165) is 34.5 Å². The van der Waals surface area contributed by atoms with Gasteiger partial charge in [0, 0.05) is 159 Å². The molecule has 114 heavy (non-hydrogen) atoms. The summed E-state index contributed by atoms with van der Waals surface area (Å²) >= 11 is 6.14. The van der Waals surface area contributed by atoms with Gasteiger partial charge in [0.2, 0.25) is 35.3 Å². The number of halogens is 1. The van der Waals surface area contributed by atoms with Crippen LogP contribution in [0.4, 0.5) is 34.4 Å². The molecule has 8 aromatic rings. The molecule has 0 aliphatic carbocycles. The number of benzene rings is 3. The Labute approximate surface area is 663 Å². The van der Waals surface area contributed by atoms with E-state index in [1.54, 1.807) is 71.3 Å². The second-order valence-corrected chi connectivity index (χ2v) is 26.8. The van der Waals surface area contributed by atoms with E-state index in [2.05, 4.69) is 81.1 Å². The van der Waals surface area contributed by atoms with Crippen molar-refractivity contribution in [2.45, 2.75) is 51.6 Å². The van der Waals surface area contributed by atoms with Crippen molar-refractivity contribution >= 4 is 105 Å². The van der Waals surface area contributed by atoms with Gasteiger partial charge in [-0.2, -0.15) is 0 Å². The van der Waals surface area contributed by atoms with Gasteiger partial charge in [-0.15, -0.1) is 0 Å². The van der Waals surface area contributed by atoms with E-state index >= 15 is 0 Å². The summed E-state index contributed by atoms with van der Waals surface area (Å²) in [5.41, 5.74) is 6.33. The number of aromatic nitrogens is 8. The third-order valence-electron chi connectivity index (χ3n) is 17.6. The van der Waals surface area contributed by atoms with E-state index in [4.69, 9.17) is 44.8 Å². The molecule has 6 heterocycles. The predicted octanol–water partition coefficient (Wildman–Crippen LogP) is 4.99. The maximum absolute atomic E-state index is 13.3. The summed E-state index contributed by atoms with van der Waals surface area (Å²) in [6.07, 6.45) is 9.54. The Morgan fingerprint density at radius 3 is 1.35 bits per heavy atom. The molecule has 1 aliphatic heterocycles. The van der Waals surface area contributed by atoms with Crippen molar-refractivity contribution in [3.8, 4) is 11.1 Å². The average molecular weight is 1600 g/mol. The number of ether oxygens (including phenoxy) is 7. The minimum atomic E-state index is -0.641. The summed E-state index contributed by atoms with van der Waals surface area (Å²) in [6, 6.07) is 24.1. The lowest BCUT2D eigenvalue weighted by atomic mass is 9.88.